The van der Waals surface area contributed by atoms with Crippen LogP contribution < -0.4 is 10.6 Å². The molecule has 0 saturated carbocycles. The van der Waals surface area contributed by atoms with Crippen LogP contribution in [0.4, 0.5) is 5.13 Å². The van der Waals surface area contributed by atoms with E-state index in [1.807, 2.05) is 0 Å². The third kappa shape index (κ3) is 4.22. The largest absolute Gasteiger partial charge is 0.314 e. The van der Waals surface area contributed by atoms with Crippen LogP contribution in [0.3, 0.4) is 0 Å². The minimum absolute atomic E-state index is 0.211. The number of hydrogen-bond donors (Lipinski definition) is 2. The molecule has 0 spiro atoms. The average molecular weight is 332 g/mol. The molecule has 0 aromatic carbocycles. The summed E-state index contributed by atoms with van der Waals surface area (Å²) in [7, 11) is -3.45. The van der Waals surface area contributed by atoms with Gasteiger partial charge in [0, 0.05) is 37.8 Å². The Balaban J connectivity index is 2.03. The minimum Gasteiger partial charge on any atom is -0.314 e. The molecule has 0 bridgehead atoms. The predicted molar refractivity (Wildman–Crippen MR) is 82.8 cm³/mol. The van der Waals surface area contributed by atoms with Gasteiger partial charge in [-0.2, -0.15) is 4.31 Å². The molecule has 2 rings (SSSR count). The predicted octanol–water partition coefficient (Wildman–Crippen LogP) is 0.343. The highest BCUT2D eigenvalue weighted by atomic mass is 32.2. The monoisotopic (exact) mass is 332 g/mol. The number of carbonyl (C=O) groups excluding carboxylic acids is 1. The lowest BCUT2D eigenvalue weighted by Gasteiger charge is -2.30. The van der Waals surface area contributed by atoms with Crippen LogP contribution in [-0.4, -0.2) is 55.5 Å². The molecule has 7 nitrogen and oxygen atoms in total. The van der Waals surface area contributed by atoms with Crippen molar-refractivity contribution < 1.29 is 13.2 Å². The van der Waals surface area contributed by atoms with Gasteiger partial charge in [-0.25, -0.2) is 13.4 Å². The van der Waals surface area contributed by atoms with Crippen molar-refractivity contribution in [3.05, 3.63) is 11.6 Å². The Bertz CT molecular complexity index is 578. The molecule has 1 aliphatic heterocycles. The van der Waals surface area contributed by atoms with Crippen molar-refractivity contribution >= 4 is 32.4 Å². The molecule has 2 N–H and O–H groups in total. The zero-order valence-electron chi connectivity index (χ0n) is 12.1. The number of sulfonamides is 1. The van der Waals surface area contributed by atoms with Gasteiger partial charge in [0.15, 0.2) is 5.13 Å². The molecule has 1 aliphatic rings. The maximum absolute atomic E-state index is 12.4. The Morgan fingerprint density at radius 1 is 1.48 bits per heavy atom. The molecule has 21 heavy (non-hydrogen) atoms. The van der Waals surface area contributed by atoms with Gasteiger partial charge in [0.25, 0.3) is 0 Å². The Morgan fingerprint density at radius 3 is 2.71 bits per heavy atom. The molecule has 1 aromatic heterocycles. The van der Waals surface area contributed by atoms with Crippen LogP contribution in [0, 0.1) is 5.41 Å². The molecule has 0 radical (unpaired) electrons. The summed E-state index contributed by atoms with van der Waals surface area (Å²) in [6.45, 7) is 5.46. The number of piperazine rings is 1. The number of rotatable bonds is 5. The van der Waals surface area contributed by atoms with Crippen LogP contribution in [0.2, 0.25) is 0 Å². The van der Waals surface area contributed by atoms with Crippen molar-refractivity contribution in [2.24, 2.45) is 5.41 Å². The number of hydrogen-bond acceptors (Lipinski definition) is 6. The molecule has 0 aliphatic carbocycles. The zero-order chi connectivity index (χ0) is 15.5. The number of anilines is 1. The normalized spacial score (nSPS) is 17.6. The van der Waals surface area contributed by atoms with Gasteiger partial charge >= 0.3 is 0 Å². The van der Waals surface area contributed by atoms with E-state index in [1.165, 1.54) is 15.6 Å². The SMILES string of the molecule is CC(C)(CS(=O)(=O)N1CCNCC1)C(=O)Nc1nccs1. The second-order valence-corrected chi connectivity index (χ2v) is 8.44. The number of amides is 1. The van der Waals surface area contributed by atoms with Crippen molar-refractivity contribution in [2.75, 3.05) is 37.2 Å². The summed E-state index contributed by atoms with van der Waals surface area (Å²) >= 11 is 1.30. The lowest BCUT2D eigenvalue weighted by molar-refractivity contribution is -0.123. The molecule has 2 heterocycles. The second-order valence-electron chi connectivity index (χ2n) is 5.58. The quantitative estimate of drug-likeness (QED) is 0.811. The van der Waals surface area contributed by atoms with Crippen LogP contribution in [-0.2, 0) is 14.8 Å². The molecular weight excluding hydrogens is 312 g/mol. The van der Waals surface area contributed by atoms with Gasteiger partial charge in [-0.15, -0.1) is 11.3 Å². The maximum atomic E-state index is 12.4. The van der Waals surface area contributed by atoms with Crippen LogP contribution in [0.15, 0.2) is 11.6 Å². The van der Waals surface area contributed by atoms with E-state index >= 15 is 0 Å². The molecule has 0 atom stereocenters. The Kier molecular flexibility index (Phi) is 4.97. The highest BCUT2D eigenvalue weighted by molar-refractivity contribution is 7.89. The highest BCUT2D eigenvalue weighted by Crippen LogP contribution is 2.23. The van der Waals surface area contributed by atoms with Gasteiger partial charge in [-0.3, -0.25) is 4.79 Å². The number of aromatic nitrogens is 1. The summed E-state index contributed by atoms with van der Waals surface area (Å²) in [6, 6.07) is 0. The lowest BCUT2D eigenvalue weighted by Crippen LogP contribution is -2.50. The first-order valence-corrected chi connectivity index (χ1v) is 9.20. The summed E-state index contributed by atoms with van der Waals surface area (Å²) in [5.74, 6) is -0.548. The summed E-state index contributed by atoms with van der Waals surface area (Å²) in [6.07, 6.45) is 1.59. The number of nitrogens with zero attached hydrogens (tertiary/aromatic N) is 2. The van der Waals surface area contributed by atoms with Gasteiger partial charge in [0.05, 0.1) is 11.2 Å². The molecule has 0 unspecified atom stereocenters. The zero-order valence-corrected chi connectivity index (χ0v) is 13.8. The van der Waals surface area contributed by atoms with Crippen LogP contribution in [0.25, 0.3) is 0 Å². The Labute approximate surface area is 128 Å². The Hall–Kier alpha value is -1.03. The van der Waals surface area contributed by atoms with Crippen molar-refractivity contribution in [1.29, 1.82) is 0 Å². The summed E-state index contributed by atoms with van der Waals surface area (Å²) in [4.78, 5) is 16.2. The van der Waals surface area contributed by atoms with Gasteiger partial charge in [0.2, 0.25) is 15.9 Å². The first-order valence-electron chi connectivity index (χ1n) is 6.71. The molecule has 1 saturated heterocycles. The first-order chi connectivity index (χ1) is 9.81. The van der Waals surface area contributed by atoms with Gasteiger partial charge in [0.1, 0.15) is 0 Å². The van der Waals surface area contributed by atoms with E-state index in [0.29, 0.717) is 31.3 Å². The number of carbonyl (C=O) groups is 1. The van der Waals surface area contributed by atoms with E-state index in [9.17, 15) is 13.2 Å². The molecule has 1 amide bonds. The van der Waals surface area contributed by atoms with E-state index in [0.717, 1.165) is 0 Å². The summed E-state index contributed by atoms with van der Waals surface area (Å²) in [5.41, 5.74) is -1.02. The van der Waals surface area contributed by atoms with Gasteiger partial charge in [-0.05, 0) is 13.8 Å². The van der Waals surface area contributed by atoms with E-state index in [2.05, 4.69) is 15.6 Å². The summed E-state index contributed by atoms with van der Waals surface area (Å²) in [5, 5.41) is 8.00. The fraction of sp³-hybridized carbons (Fsp3) is 0.667. The fourth-order valence-electron chi connectivity index (χ4n) is 2.09. The van der Waals surface area contributed by atoms with Gasteiger partial charge in [-0.1, -0.05) is 0 Å². The third-order valence-corrected chi connectivity index (χ3v) is 6.21. The number of nitrogens with one attached hydrogen (secondary N) is 2. The van der Waals surface area contributed by atoms with Gasteiger partial charge < -0.3 is 10.6 Å². The molecule has 9 heteroatoms. The first kappa shape index (κ1) is 16.3. The smallest absolute Gasteiger partial charge is 0.232 e. The fourth-order valence-corrected chi connectivity index (χ4v) is 4.58. The topological polar surface area (TPSA) is 91.4 Å². The second kappa shape index (κ2) is 6.39. The molecule has 1 fully saturated rings. The highest BCUT2D eigenvalue weighted by Gasteiger charge is 2.37. The van der Waals surface area contributed by atoms with E-state index in [4.69, 9.17) is 0 Å². The van der Waals surface area contributed by atoms with E-state index in [1.54, 1.807) is 25.4 Å². The minimum atomic E-state index is -3.45. The third-order valence-electron chi connectivity index (χ3n) is 3.28. The molecular formula is C12H20N4O3S2. The molecule has 1 aromatic rings. The average Bonchev–Trinajstić information content (AvgIpc) is 2.91. The van der Waals surface area contributed by atoms with E-state index in [-0.39, 0.29) is 11.7 Å². The van der Waals surface area contributed by atoms with Crippen LogP contribution in [0.5, 0.6) is 0 Å². The lowest BCUT2D eigenvalue weighted by atomic mass is 9.95. The van der Waals surface area contributed by atoms with Crippen molar-refractivity contribution in [1.82, 2.24) is 14.6 Å². The van der Waals surface area contributed by atoms with Crippen molar-refractivity contribution in [2.45, 2.75) is 13.8 Å². The van der Waals surface area contributed by atoms with Crippen molar-refractivity contribution in [3.63, 3.8) is 0 Å². The van der Waals surface area contributed by atoms with E-state index < -0.39 is 15.4 Å². The number of thiazole rings is 1. The Morgan fingerprint density at radius 2 is 2.14 bits per heavy atom. The van der Waals surface area contributed by atoms with Crippen LogP contribution in [0.1, 0.15) is 13.8 Å². The van der Waals surface area contributed by atoms with Crippen LogP contribution >= 0.6 is 11.3 Å². The standard InChI is InChI=1S/C12H20N4O3S2/c1-12(2,10(17)15-11-14-5-8-20-11)9-21(18,19)16-6-3-13-4-7-16/h5,8,13H,3-4,6-7,9H2,1-2H3,(H,14,15,17). The summed E-state index contributed by atoms with van der Waals surface area (Å²) < 4.78 is 26.3. The molecule has 118 valence electrons. The van der Waals surface area contributed by atoms with Crippen molar-refractivity contribution in [3.8, 4) is 0 Å². The maximum Gasteiger partial charge on any atom is 0.232 e.